The third-order valence-corrected chi connectivity index (χ3v) is 5.46. The number of nitrogens with zero attached hydrogens (tertiary/aromatic N) is 1. The van der Waals surface area contributed by atoms with Gasteiger partial charge >= 0.3 is 0 Å². The van der Waals surface area contributed by atoms with Gasteiger partial charge in [0.15, 0.2) is 0 Å². The molecule has 2 aromatic rings. The number of fused-ring (bicyclic) bond motifs is 1. The molecule has 6 heteroatoms. The molecule has 0 radical (unpaired) electrons. The highest BCUT2D eigenvalue weighted by atomic mass is 79.9. The van der Waals surface area contributed by atoms with Crippen LogP contribution in [0.1, 0.15) is 47.1 Å². The zero-order valence-corrected chi connectivity index (χ0v) is 17.7. The number of amides is 3. The maximum atomic E-state index is 12.7. The predicted octanol–water partition coefficient (Wildman–Crippen LogP) is 3.82. The van der Waals surface area contributed by atoms with Gasteiger partial charge in [0.1, 0.15) is 6.04 Å². The summed E-state index contributed by atoms with van der Waals surface area (Å²) in [5.74, 6) is -1.17. The summed E-state index contributed by atoms with van der Waals surface area (Å²) >= 11 is 3.43. The zero-order chi connectivity index (χ0) is 20.5. The van der Waals surface area contributed by atoms with Gasteiger partial charge in [-0.25, -0.2) is 0 Å². The van der Waals surface area contributed by atoms with Crippen molar-refractivity contribution in [2.45, 2.75) is 33.2 Å². The van der Waals surface area contributed by atoms with E-state index in [0.29, 0.717) is 17.7 Å². The number of carbonyl (C=O) groups excluding carboxylic acids is 3. The minimum absolute atomic E-state index is 0.175. The van der Waals surface area contributed by atoms with Gasteiger partial charge in [0, 0.05) is 11.0 Å². The van der Waals surface area contributed by atoms with E-state index in [4.69, 9.17) is 0 Å². The van der Waals surface area contributed by atoms with Gasteiger partial charge in [-0.15, -0.1) is 0 Å². The summed E-state index contributed by atoms with van der Waals surface area (Å²) < 4.78 is 1.03. The normalized spacial score (nSPS) is 14.8. The molecule has 0 aliphatic carbocycles. The second-order valence-electron chi connectivity index (χ2n) is 7.89. The Hall–Kier alpha value is -2.47. The lowest BCUT2D eigenvalue weighted by Gasteiger charge is -2.27. The van der Waals surface area contributed by atoms with Crippen LogP contribution in [0.3, 0.4) is 0 Å². The molecule has 1 aliphatic heterocycles. The summed E-state index contributed by atoms with van der Waals surface area (Å²) in [6.45, 7) is 6.16. The average Bonchev–Trinajstić information content (AvgIpc) is 2.92. The van der Waals surface area contributed by atoms with Crippen molar-refractivity contribution in [1.82, 2.24) is 10.2 Å². The first kappa shape index (κ1) is 20.3. The molecule has 2 aromatic carbocycles. The Morgan fingerprint density at radius 1 is 1.04 bits per heavy atom. The lowest BCUT2D eigenvalue weighted by molar-refractivity contribution is -0.124. The van der Waals surface area contributed by atoms with Crippen LogP contribution in [0.2, 0.25) is 0 Å². The second-order valence-corrected chi connectivity index (χ2v) is 8.80. The van der Waals surface area contributed by atoms with Crippen molar-refractivity contribution < 1.29 is 14.4 Å². The van der Waals surface area contributed by atoms with Crippen LogP contribution in [0.25, 0.3) is 0 Å². The largest absolute Gasteiger partial charge is 0.354 e. The molecule has 1 N–H and O–H groups in total. The molecule has 1 aliphatic rings. The van der Waals surface area contributed by atoms with Crippen LogP contribution >= 0.6 is 15.9 Å². The molecule has 1 atom stereocenters. The van der Waals surface area contributed by atoms with E-state index < -0.39 is 17.9 Å². The molecule has 1 unspecified atom stereocenters. The fraction of sp³-hybridized carbons (Fsp3) is 0.318. The number of nitrogens with one attached hydrogen (secondary N) is 1. The predicted molar refractivity (Wildman–Crippen MR) is 111 cm³/mol. The van der Waals surface area contributed by atoms with Gasteiger partial charge in [0.25, 0.3) is 11.8 Å². The quantitative estimate of drug-likeness (QED) is 0.691. The molecular formula is C22H23BrN2O3. The molecule has 5 nitrogen and oxygen atoms in total. The lowest BCUT2D eigenvalue weighted by atomic mass is 9.85. The third-order valence-electron chi connectivity index (χ3n) is 4.93. The van der Waals surface area contributed by atoms with Crippen LogP contribution in [0.5, 0.6) is 0 Å². The molecule has 28 heavy (non-hydrogen) atoms. The molecule has 146 valence electrons. The maximum absolute atomic E-state index is 12.7. The van der Waals surface area contributed by atoms with Crippen LogP contribution in [0.4, 0.5) is 0 Å². The number of hydrogen-bond acceptors (Lipinski definition) is 3. The van der Waals surface area contributed by atoms with E-state index in [0.717, 1.165) is 15.8 Å². The number of halogens is 1. The molecule has 3 rings (SSSR count). The fourth-order valence-corrected chi connectivity index (χ4v) is 3.63. The Morgan fingerprint density at radius 2 is 1.57 bits per heavy atom. The Labute approximate surface area is 173 Å². The second kappa shape index (κ2) is 7.87. The van der Waals surface area contributed by atoms with Gasteiger partial charge < -0.3 is 5.32 Å². The maximum Gasteiger partial charge on any atom is 0.262 e. The van der Waals surface area contributed by atoms with Crippen molar-refractivity contribution in [2.24, 2.45) is 5.41 Å². The third kappa shape index (κ3) is 4.17. The van der Waals surface area contributed by atoms with E-state index >= 15 is 0 Å². The molecular weight excluding hydrogens is 420 g/mol. The SMILES string of the molecule is CC(C(=O)NCC(C)(C)Cc1ccc(Br)cc1)N1C(=O)c2ccccc2C1=O. The van der Waals surface area contributed by atoms with E-state index in [1.165, 1.54) is 5.56 Å². The lowest BCUT2D eigenvalue weighted by Crippen LogP contribution is -2.49. The van der Waals surface area contributed by atoms with Gasteiger partial charge in [-0.05, 0) is 48.6 Å². The van der Waals surface area contributed by atoms with E-state index in [1.807, 2.05) is 12.1 Å². The summed E-state index contributed by atoms with van der Waals surface area (Å²) in [4.78, 5) is 38.8. The van der Waals surface area contributed by atoms with Crippen molar-refractivity contribution in [2.75, 3.05) is 6.54 Å². The Balaban J connectivity index is 1.62. The van der Waals surface area contributed by atoms with E-state index in [2.05, 4.69) is 47.2 Å². The molecule has 0 saturated heterocycles. The van der Waals surface area contributed by atoms with E-state index in [9.17, 15) is 14.4 Å². The highest BCUT2D eigenvalue weighted by molar-refractivity contribution is 9.10. The fourth-order valence-electron chi connectivity index (χ4n) is 3.37. The monoisotopic (exact) mass is 442 g/mol. The molecule has 3 amide bonds. The van der Waals surface area contributed by atoms with Gasteiger partial charge in [0.05, 0.1) is 11.1 Å². The standard InChI is InChI=1S/C22H23BrN2O3/c1-14(25-20(27)17-6-4-5-7-18(17)21(25)28)19(26)24-13-22(2,3)12-15-8-10-16(23)11-9-15/h4-11,14H,12-13H2,1-3H3,(H,24,26). The first-order valence-electron chi connectivity index (χ1n) is 9.19. The van der Waals surface area contributed by atoms with Crippen LogP contribution < -0.4 is 5.32 Å². The Morgan fingerprint density at radius 3 is 2.11 bits per heavy atom. The van der Waals surface area contributed by atoms with Crippen molar-refractivity contribution in [1.29, 1.82) is 0 Å². The first-order chi connectivity index (χ1) is 13.2. The van der Waals surface area contributed by atoms with Gasteiger partial charge in [-0.3, -0.25) is 19.3 Å². The van der Waals surface area contributed by atoms with Gasteiger partial charge in [-0.1, -0.05) is 54.0 Å². The van der Waals surface area contributed by atoms with Crippen LogP contribution in [-0.2, 0) is 11.2 Å². The molecule has 0 aromatic heterocycles. The summed E-state index contributed by atoms with van der Waals surface area (Å²) in [5, 5.41) is 2.90. The topological polar surface area (TPSA) is 66.5 Å². The summed E-state index contributed by atoms with van der Waals surface area (Å²) in [6, 6.07) is 13.9. The smallest absolute Gasteiger partial charge is 0.262 e. The van der Waals surface area contributed by atoms with E-state index in [-0.39, 0.29) is 11.3 Å². The van der Waals surface area contributed by atoms with Crippen molar-refractivity contribution in [3.05, 3.63) is 69.7 Å². The van der Waals surface area contributed by atoms with Gasteiger partial charge in [-0.2, -0.15) is 0 Å². The highest BCUT2D eigenvalue weighted by Gasteiger charge is 2.40. The minimum Gasteiger partial charge on any atom is -0.354 e. The minimum atomic E-state index is -0.865. The van der Waals surface area contributed by atoms with E-state index in [1.54, 1.807) is 31.2 Å². The average molecular weight is 443 g/mol. The number of imide groups is 1. The molecule has 0 spiro atoms. The molecule has 0 fully saturated rings. The summed E-state index contributed by atoms with van der Waals surface area (Å²) in [5.41, 5.74) is 1.70. The van der Waals surface area contributed by atoms with Crippen molar-refractivity contribution in [3.8, 4) is 0 Å². The van der Waals surface area contributed by atoms with Crippen LogP contribution in [0, 0.1) is 5.41 Å². The first-order valence-corrected chi connectivity index (χ1v) is 9.98. The summed E-state index contributed by atoms with van der Waals surface area (Å²) in [7, 11) is 0. The Kier molecular flexibility index (Phi) is 5.70. The number of benzene rings is 2. The zero-order valence-electron chi connectivity index (χ0n) is 16.2. The van der Waals surface area contributed by atoms with Crippen LogP contribution in [-0.4, -0.2) is 35.2 Å². The molecule has 0 saturated carbocycles. The number of rotatable bonds is 6. The Bertz CT molecular complexity index is 887. The molecule has 1 heterocycles. The van der Waals surface area contributed by atoms with Gasteiger partial charge in [0.2, 0.25) is 5.91 Å². The number of hydrogen-bond donors (Lipinski definition) is 1. The number of carbonyl (C=O) groups is 3. The summed E-state index contributed by atoms with van der Waals surface area (Å²) in [6.07, 6.45) is 0.794. The van der Waals surface area contributed by atoms with Crippen molar-refractivity contribution in [3.63, 3.8) is 0 Å². The molecule has 0 bridgehead atoms. The highest BCUT2D eigenvalue weighted by Crippen LogP contribution is 2.25. The van der Waals surface area contributed by atoms with Crippen molar-refractivity contribution >= 4 is 33.7 Å². The van der Waals surface area contributed by atoms with Crippen LogP contribution in [0.15, 0.2) is 53.0 Å².